The van der Waals surface area contributed by atoms with Gasteiger partial charge in [-0.05, 0) is 37.4 Å². The number of carbonyl (C=O) groups excluding carboxylic acids is 2. The summed E-state index contributed by atoms with van der Waals surface area (Å²) < 4.78 is 18.1. The van der Waals surface area contributed by atoms with Crippen LogP contribution in [0.25, 0.3) is 17.0 Å². The van der Waals surface area contributed by atoms with Crippen molar-refractivity contribution in [1.29, 1.82) is 0 Å². The summed E-state index contributed by atoms with van der Waals surface area (Å²) >= 11 is 0. The van der Waals surface area contributed by atoms with Crippen LogP contribution in [0.15, 0.2) is 48.3 Å². The fourth-order valence-electron chi connectivity index (χ4n) is 4.17. The molecule has 0 fully saturated rings. The molecule has 2 N–H and O–H groups in total. The molecule has 0 atom stereocenters. The highest BCUT2D eigenvalue weighted by Gasteiger charge is 2.20. The average molecular weight is 509 g/mol. The zero-order valence-corrected chi connectivity index (χ0v) is 22.4. The Morgan fingerprint density at radius 1 is 1.00 bits per heavy atom. The molecule has 0 bridgehead atoms. The van der Waals surface area contributed by atoms with E-state index in [0.717, 1.165) is 29.6 Å². The van der Waals surface area contributed by atoms with Crippen molar-refractivity contribution in [2.45, 2.75) is 13.8 Å². The van der Waals surface area contributed by atoms with Gasteiger partial charge in [0.25, 0.3) is 11.8 Å². The van der Waals surface area contributed by atoms with E-state index in [2.05, 4.69) is 29.4 Å². The third-order valence-corrected chi connectivity index (χ3v) is 6.26. The molecule has 2 amide bonds. The zero-order valence-electron chi connectivity index (χ0n) is 22.4. The summed E-state index contributed by atoms with van der Waals surface area (Å²) in [5, 5.41) is 6.71. The number of aryl methyl sites for hydroxylation is 1. The van der Waals surface area contributed by atoms with E-state index in [1.165, 1.54) is 21.3 Å². The maximum Gasteiger partial charge on any atom is 0.267 e. The van der Waals surface area contributed by atoms with Crippen LogP contribution in [0, 0.1) is 0 Å². The zero-order chi connectivity index (χ0) is 26.9. The second kappa shape index (κ2) is 12.8. The van der Waals surface area contributed by atoms with Gasteiger partial charge in [0.1, 0.15) is 5.70 Å². The fourth-order valence-corrected chi connectivity index (χ4v) is 4.17. The molecule has 9 nitrogen and oxygen atoms in total. The van der Waals surface area contributed by atoms with Crippen molar-refractivity contribution in [3.05, 3.63) is 59.4 Å². The van der Waals surface area contributed by atoms with Crippen molar-refractivity contribution in [2.75, 3.05) is 47.5 Å². The van der Waals surface area contributed by atoms with E-state index in [-0.39, 0.29) is 17.2 Å². The fraction of sp³-hybridized carbons (Fsp3) is 0.357. The Hall–Kier alpha value is -3.98. The molecule has 0 saturated carbocycles. The van der Waals surface area contributed by atoms with Gasteiger partial charge in [0.05, 0.1) is 21.3 Å². The highest BCUT2D eigenvalue weighted by molar-refractivity contribution is 6.07. The normalized spacial score (nSPS) is 11.5. The Balaban J connectivity index is 1.96. The Bertz CT molecular complexity index is 1250. The van der Waals surface area contributed by atoms with Gasteiger partial charge in [-0.2, -0.15) is 0 Å². The largest absolute Gasteiger partial charge is 0.493 e. The predicted molar refractivity (Wildman–Crippen MR) is 145 cm³/mol. The summed E-state index contributed by atoms with van der Waals surface area (Å²) in [5.74, 6) is 0.207. The molecular formula is C28H36N4O5. The van der Waals surface area contributed by atoms with Crippen molar-refractivity contribution in [3.63, 3.8) is 0 Å². The van der Waals surface area contributed by atoms with Crippen LogP contribution in [0.1, 0.15) is 29.8 Å². The molecule has 0 saturated heterocycles. The Kier molecular flexibility index (Phi) is 9.57. The van der Waals surface area contributed by atoms with Crippen LogP contribution in [0.4, 0.5) is 0 Å². The number of methoxy groups -OCH3 is 3. The molecule has 0 spiro atoms. The number of amides is 2. The third-order valence-electron chi connectivity index (χ3n) is 6.26. The van der Waals surface area contributed by atoms with Crippen LogP contribution in [-0.2, 0) is 11.8 Å². The van der Waals surface area contributed by atoms with E-state index in [1.807, 2.05) is 42.1 Å². The molecule has 2 aromatic carbocycles. The molecule has 37 heavy (non-hydrogen) atoms. The molecule has 0 unspecified atom stereocenters. The Morgan fingerprint density at radius 3 is 2.24 bits per heavy atom. The van der Waals surface area contributed by atoms with Gasteiger partial charge in [-0.15, -0.1) is 0 Å². The molecule has 3 aromatic rings. The summed E-state index contributed by atoms with van der Waals surface area (Å²) in [6.45, 7) is 7.10. The van der Waals surface area contributed by atoms with E-state index in [1.54, 1.807) is 18.2 Å². The smallest absolute Gasteiger partial charge is 0.267 e. The van der Waals surface area contributed by atoms with E-state index in [4.69, 9.17) is 14.2 Å². The SMILES string of the molecule is CCN(CC)CCNC(=O)/C(=C/c1cn(C)c2ccccc12)NC(=O)c1cc(OC)c(OC)c(OC)c1. The lowest BCUT2D eigenvalue weighted by atomic mass is 10.1. The lowest BCUT2D eigenvalue weighted by molar-refractivity contribution is -0.117. The van der Waals surface area contributed by atoms with Crippen LogP contribution in [-0.4, -0.2) is 68.8 Å². The van der Waals surface area contributed by atoms with Crippen molar-refractivity contribution in [1.82, 2.24) is 20.1 Å². The Morgan fingerprint density at radius 2 is 1.65 bits per heavy atom. The van der Waals surface area contributed by atoms with Crippen molar-refractivity contribution < 1.29 is 23.8 Å². The molecule has 0 aliphatic rings. The van der Waals surface area contributed by atoms with E-state index in [9.17, 15) is 9.59 Å². The summed E-state index contributed by atoms with van der Waals surface area (Å²) in [6, 6.07) is 11.0. The van der Waals surface area contributed by atoms with Crippen molar-refractivity contribution in [3.8, 4) is 17.2 Å². The maximum atomic E-state index is 13.3. The minimum atomic E-state index is -0.482. The number of fused-ring (bicyclic) bond motifs is 1. The second-order valence-electron chi connectivity index (χ2n) is 8.42. The van der Waals surface area contributed by atoms with Crippen molar-refractivity contribution in [2.24, 2.45) is 7.05 Å². The molecule has 198 valence electrons. The number of nitrogens with one attached hydrogen (secondary N) is 2. The molecule has 0 aliphatic carbocycles. The molecular weight excluding hydrogens is 472 g/mol. The van der Waals surface area contributed by atoms with Gasteiger partial charge < -0.3 is 34.3 Å². The maximum absolute atomic E-state index is 13.3. The van der Waals surface area contributed by atoms with Gasteiger partial charge in [0.2, 0.25) is 5.75 Å². The molecule has 9 heteroatoms. The number of carbonyl (C=O) groups is 2. The molecule has 1 heterocycles. The first-order valence-corrected chi connectivity index (χ1v) is 12.2. The monoisotopic (exact) mass is 508 g/mol. The first-order valence-electron chi connectivity index (χ1n) is 12.2. The number of aromatic nitrogens is 1. The number of hydrogen-bond donors (Lipinski definition) is 2. The minimum absolute atomic E-state index is 0.134. The first-order chi connectivity index (χ1) is 17.9. The molecule has 1 aromatic heterocycles. The van der Waals surface area contributed by atoms with Gasteiger partial charge in [0.15, 0.2) is 11.5 Å². The second-order valence-corrected chi connectivity index (χ2v) is 8.42. The van der Waals surface area contributed by atoms with Crippen LogP contribution >= 0.6 is 0 Å². The van der Waals surface area contributed by atoms with Crippen LogP contribution in [0.5, 0.6) is 17.2 Å². The van der Waals surface area contributed by atoms with Gasteiger partial charge >= 0.3 is 0 Å². The van der Waals surface area contributed by atoms with Gasteiger partial charge in [-0.1, -0.05) is 32.0 Å². The molecule has 0 radical (unpaired) electrons. The third kappa shape index (κ3) is 6.42. The molecule has 3 rings (SSSR count). The number of hydrogen-bond acceptors (Lipinski definition) is 6. The van der Waals surface area contributed by atoms with E-state index >= 15 is 0 Å². The van der Waals surface area contributed by atoms with Crippen LogP contribution < -0.4 is 24.8 Å². The van der Waals surface area contributed by atoms with Crippen LogP contribution in [0.3, 0.4) is 0 Å². The number of ether oxygens (including phenoxy) is 3. The van der Waals surface area contributed by atoms with Crippen LogP contribution in [0.2, 0.25) is 0 Å². The minimum Gasteiger partial charge on any atom is -0.493 e. The van der Waals surface area contributed by atoms with Gasteiger partial charge in [-0.25, -0.2) is 0 Å². The van der Waals surface area contributed by atoms with Gasteiger partial charge in [0, 0.05) is 48.4 Å². The number of benzene rings is 2. The highest BCUT2D eigenvalue weighted by Crippen LogP contribution is 2.38. The Labute approximate surface area is 218 Å². The number of likely N-dealkylation sites (N-methyl/N-ethyl adjacent to an activating group) is 1. The van der Waals surface area contributed by atoms with E-state index in [0.29, 0.717) is 30.3 Å². The lowest BCUT2D eigenvalue weighted by Gasteiger charge is -2.18. The molecule has 0 aliphatic heterocycles. The lowest BCUT2D eigenvalue weighted by Crippen LogP contribution is -2.39. The van der Waals surface area contributed by atoms with Gasteiger partial charge in [-0.3, -0.25) is 9.59 Å². The standard InChI is InChI=1S/C28H36N4O5/c1-7-32(8-2)14-13-29-28(34)22(15-20-18-31(3)23-12-10-9-11-21(20)23)30-27(33)19-16-24(35-4)26(37-6)25(17-19)36-5/h9-12,15-18H,7-8,13-14H2,1-6H3,(H,29,34)(H,30,33)/b22-15-. The summed E-state index contributed by atoms with van der Waals surface area (Å²) in [7, 11) is 6.40. The summed E-state index contributed by atoms with van der Waals surface area (Å²) in [5.41, 5.74) is 2.23. The highest BCUT2D eigenvalue weighted by atomic mass is 16.5. The number of rotatable bonds is 12. The first kappa shape index (κ1) is 27.6. The number of nitrogens with zero attached hydrogens (tertiary/aromatic N) is 2. The quantitative estimate of drug-likeness (QED) is 0.364. The number of para-hydroxylation sites is 1. The summed E-state index contributed by atoms with van der Waals surface area (Å²) in [4.78, 5) is 28.8. The summed E-state index contributed by atoms with van der Waals surface area (Å²) in [6.07, 6.45) is 3.63. The predicted octanol–water partition coefficient (Wildman–Crippen LogP) is 3.43. The van der Waals surface area contributed by atoms with Crippen molar-refractivity contribution >= 4 is 28.8 Å². The topological polar surface area (TPSA) is 94.1 Å². The average Bonchev–Trinajstić information content (AvgIpc) is 3.24. The van der Waals surface area contributed by atoms with E-state index < -0.39 is 5.91 Å².